The number of hydrogen-bond acceptors (Lipinski definition) is 4. The number of ether oxygens (including phenoxy) is 2. The first-order valence-corrected chi connectivity index (χ1v) is 12.9. The molecular weight excluding hydrogens is 500 g/mol. The summed E-state index contributed by atoms with van der Waals surface area (Å²) in [6, 6.07) is 40.5. The molecule has 40 heavy (non-hydrogen) atoms. The summed E-state index contributed by atoms with van der Waals surface area (Å²) in [5.74, 6) is 0.315. The van der Waals surface area contributed by atoms with Gasteiger partial charge in [0, 0.05) is 0 Å². The number of carbonyl (C=O) groups excluding carboxylic acids is 2. The lowest BCUT2D eigenvalue weighted by atomic mass is 10.1. The molecule has 0 N–H and O–H groups in total. The van der Waals surface area contributed by atoms with E-state index in [0.717, 1.165) is 5.56 Å². The zero-order valence-corrected chi connectivity index (χ0v) is 22.2. The van der Waals surface area contributed by atoms with Gasteiger partial charge in [-0.25, -0.2) is 19.4 Å². The molecule has 6 heteroatoms. The average molecular weight is 529 g/mol. The van der Waals surface area contributed by atoms with E-state index in [-0.39, 0.29) is 11.5 Å². The summed E-state index contributed by atoms with van der Waals surface area (Å²) in [6.45, 7) is 3.71. The lowest BCUT2D eigenvalue weighted by Gasteiger charge is -2.25. The Labute approximate surface area is 233 Å². The molecule has 0 fully saturated rings. The highest BCUT2D eigenvalue weighted by molar-refractivity contribution is 5.99. The first kappa shape index (κ1) is 26.3. The Morgan fingerprint density at radius 1 is 0.500 bits per heavy atom. The van der Waals surface area contributed by atoms with E-state index in [1.54, 1.807) is 6.07 Å². The molecule has 0 heterocycles. The van der Waals surface area contributed by atoms with Crippen LogP contribution in [0.3, 0.4) is 0 Å². The Morgan fingerprint density at radius 2 is 0.850 bits per heavy atom. The quantitative estimate of drug-likeness (QED) is 0.221. The molecule has 6 nitrogen and oxygen atoms in total. The van der Waals surface area contributed by atoms with Crippen molar-refractivity contribution in [1.29, 1.82) is 0 Å². The van der Waals surface area contributed by atoms with Crippen molar-refractivity contribution < 1.29 is 19.1 Å². The fourth-order valence-electron chi connectivity index (χ4n) is 4.42. The van der Waals surface area contributed by atoms with E-state index < -0.39 is 12.2 Å². The molecule has 2 amide bonds. The maximum absolute atomic E-state index is 13.7. The molecular formula is C34H28N2O4. The van der Waals surface area contributed by atoms with E-state index in [2.05, 4.69) is 0 Å². The van der Waals surface area contributed by atoms with Crippen LogP contribution < -0.4 is 19.3 Å². The predicted octanol–water partition coefficient (Wildman–Crippen LogP) is 8.98. The fraction of sp³-hybridized carbons (Fsp3) is 0.0588. The third-order valence-corrected chi connectivity index (χ3v) is 6.19. The molecule has 0 aromatic heterocycles. The van der Waals surface area contributed by atoms with Crippen molar-refractivity contribution in [3.8, 4) is 11.5 Å². The summed E-state index contributed by atoms with van der Waals surface area (Å²) in [6.07, 6.45) is -1.27. The second-order valence-corrected chi connectivity index (χ2v) is 9.16. The number of amides is 2. The third-order valence-electron chi connectivity index (χ3n) is 6.19. The molecule has 0 unspecified atom stereocenters. The van der Waals surface area contributed by atoms with E-state index >= 15 is 0 Å². The number of para-hydroxylation sites is 4. The van der Waals surface area contributed by atoms with E-state index in [4.69, 9.17) is 9.47 Å². The zero-order valence-electron chi connectivity index (χ0n) is 22.2. The van der Waals surface area contributed by atoms with Crippen LogP contribution >= 0.6 is 0 Å². The molecule has 0 aliphatic heterocycles. The van der Waals surface area contributed by atoms with Crippen molar-refractivity contribution in [3.05, 3.63) is 145 Å². The van der Waals surface area contributed by atoms with E-state index in [0.29, 0.717) is 28.3 Å². The Kier molecular flexibility index (Phi) is 7.88. The van der Waals surface area contributed by atoms with Gasteiger partial charge in [0.1, 0.15) is 0 Å². The SMILES string of the molecule is Cc1cc(C)c(OC(=O)N(c2ccccc2)c2ccccc2)c(OC(=O)N(c2ccccc2)c2ccccc2)c1. The van der Waals surface area contributed by atoms with Crippen LogP contribution in [-0.2, 0) is 0 Å². The van der Waals surface area contributed by atoms with Crippen LogP contribution in [0.2, 0.25) is 0 Å². The lowest BCUT2D eigenvalue weighted by molar-refractivity contribution is 0.199. The molecule has 0 aliphatic rings. The highest BCUT2D eigenvalue weighted by atomic mass is 16.6. The third kappa shape index (κ3) is 5.87. The van der Waals surface area contributed by atoms with Gasteiger partial charge in [0.25, 0.3) is 0 Å². The number of rotatable bonds is 6. The van der Waals surface area contributed by atoms with Gasteiger partial charge in [-0.05, 0) is 79.6 Å². The standard InChI is InChI=1S/C34H28N2O4/c1-25-23-26(2)32(40-34(38)36(29-19-11-5-12-20-29)30-21-13-6-14-22-30)31(24-25)39-33(37)35(27-15-7-3-8-16-27)28-17-9-4-10-18-28/h3-24H,1-2H3. The summed E-state index contributed by atoms with van der Waals surface area (Å²) < 4.78 is 11.9. The van der Waals surface area contributed by atoms with Crippen molar-refractivity contribution in [3.63, 3.8) is 0 Å². The van der Waals surface area contributed by atoms with Crippen LogP contribution in [0.1, 0.15) is 11.1 Å². The predicted molar refractivity (Wildman–Crippen MR) is 158 cm³/mol. The van der Waals surface area contributed by atoms with Crippen molar-refractivity contribution in [1.82, 2.24) is 0 Å². The number of hydrogen-bond donors (Lipinski definition) is 0. The number of benzene rings is 5. The van der Waals surface area contributed by atoms with Crippen LogP contribution in [0, 0.1) is 13.8 Å². The molecule has 0 aliphatic carbocycles. The Morgan fingerprint density at radius 3 is 1.23 bits per heavy atom. The van der Waals surface area contributed by atoms with Gasteiger partial charge in [-0.3, -0.25) is 0 Å². The maximum Gasteiger partial charge on any atom is 0.424 e. The highest BCUT2D eigenvalue weighted by Gasteiger charge is 2.26. The molecule has 0 radical (unpaired) electrons. The summed E-state index contributed by atoms with van der Waals surface area (Å²) in [4.78, 5) is 30.4. The molecule has 5 aromatic rings. The van der Waals surface area contributed by atoms with Crippen molar-refractivity contribution in [2.75, 3.05) is 9.80 Å². The number of carbonyl (C=O) groups is 2. The largest absolute Gasteiger partial charge is 0.424 e. The zero-order chi connectivity index (χ0) is 27.9. The Balaban J connectivity index is 1.50. The minimum Gasteiger partial charge on any atom is -0.406 e. The smallest absolute Gasteiger partial charge is 0.406 e. The highest BCUT2D eigenvalue weighted by Crippen LogP contribution is 2.36. The number of aryl methyl sites for hydroxylation is 2. The van der Waals surface area contributed by atoms with Crippen LogP contribution in [0.5, 0.6) is 11.5 Å². The topological polar surface area (TPSA) is 59.1 Å². The van der Waals surface area contributed by atoms with Crippen LogP contribution in [0.4, 0.5) is 32.3 Å². The van der Waals surface area contributed by atoms with Gasteiger partial charge >= 0.3 is 12.2 Å². The number of nitrogens with zero attached hydrogens (tertiary/aromatic N) is 2. The minimum atomic E-state index is -0.636. The summed E-state index contributed by atoms with van der Waals surface area (Å²) in [5, 5.41) is 0. The Hall–Kier alpha value is -5.36. The molecule has 0 bridgehead atoms. The van der Waals surface area contributed by atoms with Gasteiger partial charge in [0.05, 0.1) is 22.7 Å². The fourth-order valence-corrected chi connectivity index (χ4v) is 4.42. The molecule has 5 aromatic carbocycles. The average Bonchev–Trinajstić information content (AvgIpc) is 2.97. The van der Waals surface area contributed by atoms with E-state index in [9.17, 15) is 9.59 Å². The summed E-state index contributed by atoms with van der Waals surface area (Å²) in [5.41, 5.74) is 4.07. The van der Waals surface area contributed by atoms with Crippen molar-refractivity contribution in [2.45, 2.75) is 13.8 Å². The van der Waals surface area contributed by atoms with Crippen LogP contribution in [0.15, 0.2) is 133 Å². The van der Waals surface area contributed by atoms with Crippen LogP contribution in [0.25, 0.3) is 0 Å². The molecule has 0 saturated heterocycles. The second kappa shape index (κ2) is 12.0. The van der Waals surface area contributed by atoms with Gasteiger partial charge in [0.2, 0.25) is 0 Å². The number of anilines is 4. The van der Waals surface area contributed by atoms with Gasteiger partial charge < -0.3 is 9.47 Å². The Bertz CT molecular complexity index is 1510. The van der Waals surface area contributed by atoms with Gasteiger partial charge in [-0.2, -0.15) is 0 Å². The second-order valence-electron chi connectivity index (χ2n) is 9.16. The van der Waals surface area contributed by atoms with Gasteiger partial charge in [-0.1, -0.05) is 78.9 Å². The molecule has 0 atom stereocenters. The summed E-state index contributed by atoms with van der Waals surface area (Å²) in [7, 11) is 0. The van der Waals surface area contributed by atoms with Crippen molar-refractivity contribution in [2.24, 2.45) is 0 Å². The lowest BCUT2D eigenvalue weighted by Crippen LogP contribution is -2.31. The first-order valence-electron chi connectivity index (χ1n) is 12.9. The molecule has 198 valence electrons. The monoisotopic (exact) mass is 528 g/mol. The van der Waals surface area contributed by atoms with Gasteiger partial charge in [-0.15, -0.1) is 0 Å². The summed E-state index contributed by atoms with van der Waals surface area (Å²) >= 11 is 0. The van der Waals surface area contributed by atoms with Gasteiger partial charge in [0.15, 0.2) is 11.5 Å². The van der Waals surface area contributed by atoms with E-state index in [1.165, 1.54) is 9.80 Å². The van der Waals surface area contributed by atoms with Crippen molar-refractivity contribution >= 4 is 34.9 Å². The normalized spacial score (nSPS) is 10.4. The molecule has 0 spiro atoms. The molecule has 5 rings (SSSR count). The maximum atomic E-state index is 13.7. The van der Waals surface area contributed by atoms with Crippen LogP contribution in [-0.4, -0.2) is 12.2 Å². The minimum absolute atomic E-state index is 0.147. The van der Waals surface area contributed by atoms with E-state index in [1.807, 2.05) is 141 Å². The first-order chi connectivity index (χ1) is 19.5. The molecule has 0 saturated carbocycles.